The van der Waals surface area contributed by atoms with Crippen LogP contribution in [0.3, 0.4) is 0 Å². The standard InChI is InChI=1S/C14H22O/c15-14(7-9-4-5-9)8-10-6-13(14)12-3-1-2-11(10)12/h9-13,15H,1-8H2. The summed E-state index contributed by atoms with van der Waals surface area (Å²) in [5.74, 6) is 4.46. The minimum atomic E-state index is -0.211. The van der Waals surface area contributed by atoms with E-state index in [0.29, 0.717) is 5.92 Å². The summed E-state index contributed by atoms with van der Waals surface area (Å²) in [4.78, 5) is 0. The Bertz CT molecular complexity index is 283. The van der Waals surface area contributed by atoms with Crippen LogP contribution in [0.15, 0.2) is 0 Å². The van der Waals surface area contributed by atoms with Gasteiger partial charge in [0, 0.05) is 0 Å². The lowest BCUT2D eigenvalue weighted by atomic mass is 9.71. The molecule has 15 heavy (non-hydrogen) atoms. The van der Waals surface area contributed by atoms with Crippen LogP contribution in [0.4, 0.5) is 0 Å². The molecule has 4 saturated carbocycles. The first kappa shape index (κ1) is 9.04. The highest BCUT2D eigenvalue weighted by atomic mass is 16.3. The lowest BCUT2D eigenvalue weighted by molar-refractivity contribution is -0.0558. The van der Waals surface area contributed by atoms with Gasteiger partial charge in [-0.3, -0.25) is 0 Å². The summed E-state index contributed by atoms with van der Waals surface area (Å²) >= 11 is 0. The molecule has 0 radical (unpaired) electrons. The van der Waals surface area contributed by atoms with Crippen molar-refractivity contribution >= 4 is 0 Å². The van der Waals surface area contributed by atoms with Crippen molar-refractivity contribution in [1.29, 1.82) is 0 Å². The summed E-state index contributed by atoms with van der Waals surface area (Å²) < 4.78 is 0. The van der Waals surface area contributed by atoms with Crippen LogP contribution in [0.1, 0.15) is 51.4 Å². The minimum Gasteiger partial charge on any atom is -0.390 e. The topological polar surface area (TPSA) is 20.2 Å². The van der Waals surface area contributed by atoms with Gasteiger partial charge in [-0.1, -0.05) is 19.3 Å². The summed E-state index contributed by atoms with van der Waals surface area (Å²) in [6.45, 7) is 0. The van der Waals surface area contributed by atoms with E-state index in [1.165, 1.54) is 38.5 Å². The van der Waals surface area contributed by atoms with Crippen LogP contribution in [0, 0.1) is 29.6 Å². The molecular formula is C14H22O. The number of fused-ring (bicyclic) bond motifs is 5. The predicted molar refractivity (Wildman–Crippen MR) is 59.3 cm³/mol. The Hall–Kier alpha value is -0.0400. The maximum atomic E-state index is 10.8. The van der Waals surface area contributed by atoms with Crippen LogP contribution in [0.2, 0.25) is 0 Å². The molecule has 0 aliphatic heterocycles. The fourth-order valence-corrected chi connectivity index (χ4v) is 5.29. The van der Waals surface area contributed by atoms with Crippen LogP contribution in [-0.4, -0.2) is 10.7 Å². The molecule has 0 aromatic rings. The lowest BCUT2D eigenvalue weighted by Crippen LogP contribution is -2.41. The molecule has 0 heterocycles. The molecule has 4 fully saturated rings. The van der Waals surface area contributed by atoms with E-state index >= 15 is 0 Å². The third-order valence-corrected chi connectivity index (χ3v) is 5.95. The number of hydrogen-bond donors (Lipinski definition) is 1. The molecule has 2 bridgehead atoms. The fourth-order valence-electron chi connectivity index (χ4n) is 5.29. The highest BCUT2D eigenvalue weighted by Crippen LogP contribution is 2.64. The summed E-state index contributed by atoms with van der Waals surface area (Å²) in [6.07, 6.45) is 10.8. The molecule has 0 saturated heterocycles. The van der Waals surface area contributed by atoms with Gasteiger partial charge in [0.1, 0.15) is 0 Å². The van der Waals surface area contributed by atoms with Gasteiger partial charge in [-0.25, -0.2) is 0 Å². The first-order valence-electron chi connectivity index (χ1n) is 6.99. The largest absolute Gasteiger partial charge is 0.390 e. The molecule has 1 nitrogen and oxygen atoms in total. The molecule has 0 aromatic heterocycles. The van der Waals surface area contributed by atoms with E-state index in [4.69, 9.17) is 0 Å². The molecule has 1 heteroatoms. The molecule has 0 spiro atoms. The summed E-state index contributed by atoms with van der Waals surface area (Å²) in [5, 5.41) is 10.8. The van der Waals surface area contributed by atoms with E-state index in [-0.39, 0.29) is 5.60 Å². The Kier molecular flexibility index (Phi) is 1.68. The Labute approximate surface area is 92.3 Å². The van der Waals surface area contributed by atoms with Crippen LogP contribution in [0.5, 0.6) is 0 Å². The quantitative estimate of drug-likeness (QED) is 0.736. The number of hydrogen-bond acceptors (Lipinski definition) is 1. The average molecular weight is 206 g/mol. The summed E-state index contributed by atoms with van der Waals surface area (Å²) in [7, 11) is 0. The number of rotatable bonds is 2. The van der Waals surface area contributed by atoms with Gasteiger partial charge in [0.05, 0.1) is 5.60 Å². The lowest BCUT2D eigenvalue weighted by Gasteiger charge is -2.39. The van der Waals surface area contributed by atoms with Crippen molar-refractivity contribution in [1.82, 2.24) is 0 Å². The Balaban J connectivity index is 1.58. The van der Waals surface area contributed by atoms with E-state index in [2.05, 4.69) is 0 Å². The van der Waals surface area contributed by atoms with E-state index in [1.54, 1.807) is 0 Å². The first-order chi connectivity index (χ1) is 7.26. The third-order valence-electron chi connectivity index (χ3n) is 5.95. The molecule has 4 aliphatic carbocycles. The second-order valence-electron chi connectivity index (χ2n) is 6.82. The van der Waals surface area contributed by atoms with Crippen molar-refractivity contribution in [3.8, 4) is 0 Å². The Morgan fingerprint density at radius 2 is 1.87 bits per heavy atom. The first-order valence-corrected chi connectivity index (χ1v) is 6.99. The van der Waals surface area contributed by atoms with Crippen molar-refractivity contribution < 1.29 is 5.11 Å². The summed E-state index contributed by atoms with van der Waals surface area (Å²) in [6, 6.07) is 0. The zero-order valence-corrected chi connectivity index (χ0v) is 9.49. The maximum absolute atomic E-state index is 10.8. The van der Waals surface area contributed by atoms with Crippen LogP contribution in [0.25, 0.3) is 0 Å². The number of aliphatic hydroxyl groups is 1. The highest BCUT2D eigenvalue weighted by Gasteiger charge is 2.60. The van der Waals surface area contributed by atoms with Gasteiger partial charge in [-0.05, 0) is 61.7 Å². The predicted octanol–water partition coefficient (Wildman–Crippen LogP) is 2.97. The van der Waals surface area contributed by atoms with Gasteiger partial charge in [-0.15, -0.1) is 0 Å². The van der Waals surface area contributed by atoms with E-state index < -0.39 is 0 Å². The van der Waals surface area contributed by atoms with Crippen molar-refractivity contribution in [2.24, 2.45) is 29.6 Å². The van der Waals surface area contributed by atoms with E-state index in [9.17, 15) is 5.11 Å². The molecule has 5 atom stereocenters. The molecule has 0 aromatic carbocycles. The highest BCUT2D eigenvalue weighted by molar-refractivity contribution is 5.11. The van der Waals surface area contributed by atoms with Gasteiger partial charge < -0.3 is 5.11 Å². The van der Waals surface area contributed by atoms with Crippen molar-refractivity contribution in [2.45, 2.75) is 57.0 Å². The van der Waals surface area contributed by atoms with Gasteiger partial charge in [-0.2, -0.15) is 0 Å². The molecule has 4 aliphatic rings. The van der Waals surface area contributed by atoms with Gasteiger partial charge >= 0.3 is 0 Å². The minimum absolute atomic E-state index is 0.211. The SMILES string of the molecule is OC1(CC2CC2)CC2CC1C1CCCC21. The second-order valence-corrected chi connectivity index (χ2v) is 6.82. The normalized spacial score (nSPS) is 57.4. The van der Waals surface area contributed by atoms with Gasteiger partial charge in [0.2, 0.25) is 0 Å². The molecular weight excluding hydrogens is 184 g/mol. The van der Waals surface area contributed by atoms with E-state index in [0.717, 1.165) is 36.5 Å². The smallest absolute Gasteiger partial charge is 0.0684 e. The zero-order valence-electron chi connectivity index (χ0n) is 9.49. The maximum Gasteiger partial charge on any atom is 0.0684 e. The van der Waals surface area contributed by atoms with Crippen LogP contribution >= 0.6 is 0 Å². The summed E-state index contributed by atoms with van der Waals surface area (Å²) in [5.41, 5.74) is -0.211. The second kappa shape index (κ2) is 2.80. The molecule has 5 unspecified atom stereocenters. The third kappa shape index (κ3) is 1.19. The van der Waals surface area contributed by atoms with Gasteiger partial charge in [0.15, 0.2) is 0 Å². The molecule has 0 amide bonds. The monoisotopic (exact) mass is 206 g/mol. The van der Waals surface area contributed by atoms with Crippen molar-refractivity contribution in [3.05, 3.63) is 0 Å². The van der Waals surface area contributed by atoms with E-state index in [1.807, 2.05) is 0 Å². The molecule has 1 N–H and O–H groups in total. The van der Waals surface area contributed by atoms with Crippen molar-refractivity contribution in [2.75, 3.05) is 0 Å². The molecule has 4 rings (SSSR count). The molecule has 84 valence electrons. The Morgan fingerprint density at radius 1 is 1.07 bits per heavy atom. The van der Waals surface area contributed by atoms with Crippen molar-refractivity contribution in [3.63, 3.8) is 0 Å². The van der Waals surface area contributed by atoms with Crippen LogP contribution in [-0.2, 0) is 0 Å². The average Bonchev–Trinajstić information content (AvgIpc) is 2.65. The zero-order chi connectivity index (χ0) is 10.0. The van der Waals surface area contributed by atoms with Gasteiger partial charge in [0.25, 0.3) is 0 Å². The Morgan fingerprint density at radius 3 is 2.67 bits per heavy atom. The van der Waals surface area contributed by atoms with Crippen LogP contribution < -0.4 is 0 Å². The fraction of sp³-hybridized carbons (Fsp3) is 1.00.